The molecule has 0 radical (unpaired) electrons. The van der Waals surface area contributed by atoms with E-state index in [0.717, 1.165) is 11.9 Å². The highest BCUT2D eigenvalue weighted by atomic mass is 16.8. The predicted octanol–water partition coefficient (Wildman–Crippen LogP) is -2.01. The van der Waals surface area contributed by atoms with Crippen LogP contribution in [-0.4, -0.2) is 252 Å². The van der Waals surface area contributed by atoms with Crippen molar-refractivity contribution in [3.05, 3.63) is 23.3 Å². The molecule has 4 heterocycles. The number of carboxylic acids is 1. The number of carbonyl (C=O) groups excluding carboxylic acids is 3. The second-order valence-electron chi connectivity index (χ2n) is 27.3. The third-order valence-corrected chi connectivity index (χ3v) is 22.2. The zero-order chi connectivity index (χ0) is 63.3. The van der Waals surface area contributed by atoms with Crippen molar-refractivity contribution in [2.45, 2.75) is 242 Å². The van der Waals surface area contributed by atoms with E-state index < -0.39 is 217 Å². The van der Waals surface area contributed by atoms with Crippen LogP contribution in [0.15, 0.2) is 23.3 Å². The monoisotopic (exact) mass is 1230 g/mol. The molecule has 8 fully saturated rings. The molecular formula is C59H90O27. The molecule has 4 saturated carbocycles. The number of esters is 2. The van der Waals surface area contributed by atoms with Crippen LogP contribution in [0.25, 0.3) is 0 Å². The molecule has 30 atom stereocenters. The number of ether oxygens (including phenoxy) is 10. The van der Waals surface area contributed by atoms with Gasteiger partial charge in [-0.2, -0.15) is 0 Å². The Morgan fingerprint density at radius 1 is 0.686 bits per heavy atom. The van der Waals surface area contributed by atoms with Crippen molar-refractivity contribution in [3.8, 4) is 0 Å². The lowest BCUT2D eigenvalue weighted by molar-refractivity contribution is -0.393. The van der Waals surface area contributed by atoms with Crippen LogP contribution < -0.4 is 0 Å². The molecule has 86 heavy (non-hydrogen) atoms. The lowest BCUT2D eigenvalue weighted by Gasteiger charge is -2.72. The third kappa shape index (κ3) is 11.0. The topological polar surface area (TPSA) is 424 Å². The lowest BCUT2D eigenvalue weighted by atomic mass is 9.33. The fourth-order valence-electron chi connectivity index (χ4n) is 16.9. The van der Waals surface area contributed by atoms with E-state index in [0.29, 0.717) is 37.7 Å². The van der Waals surface area contributed by atoms with Crippen LogP contribution in [0.4, 0.5) is 0 Å². The molecule has 4 saturated heterocycles. The Labute approximate surface area is 498 Å². The van der Waals surface area contributed by atoms with E-state index in [9.17, 15) is 85.6 Å². The standard InChI is InChI=1S/C59H90O27/c1-10-24(2)49(76)86-47-46(73)59(23-79-25(3)62)27(17-54(47,4)5)26-11-12-32-55(6)15-14-34(56(7,22-61)31(55)13-16-57(32,8)58(26,9)18-33(59)65)81-53-44(84-51-40(71)38(69)37(68)30(19-60)80-51)41(72)42(45(85-53)48(74)75)82-52-43(36(67)29(64)21-78-52)83-50-39(70)35(66)28(63)20-77-50/h10-11,22,27-47,50-53,60,63-73H,12-21,23H2,1-9H3,(H,74,75)/b24-10-/t27-,28+,29-,30+,31+,32+,33+,34-,35-,36-,37+,38-,39+,40+,41-,42-,43+,44+,45-,46-,47-,50-,51-,52-,53+,55-,56-,57+,58+,59-/m0/s1. The summed E-state index contributed by atoms with van der Waals surface area (Å²) in [5.74, 6) is -4.14. The summed E-state index contributed by atoms with van der Waals surface area (Å²) in [5, 5.41) is 144. The van der Waals surface area contributed by atoms with Crippen molar-refractivity contribution in [3.63, 3.8) is 0 Å². The van der Waals surface area contributed by atoms with Gasteiger partial charge in [-0.1, -0.05) is 59.3 Å². The first-order valence-electron chi connectivity index (χ1n) is 29.8. The van der Waals surface area contributed by atoms with Crippen molar-refractivity contribution in [2.75, 3.05) is 26.4 Å². The number of hydrogen-bond donors (Lipinski definition) is 13. The van der Waals surface area contributed by atoms with Gasteiger partial charge in [0.15, 0.2) is 31.3 Å². The van der Waals surface area contributed by atoms with Crippen molar-refractivity contribution in [2.24, 2.45) is 50.2 Å². The van der Waals surface area contributed by atoms with Crippen LogP contribution in [0.1, 0.15) is 107 Å². The summed E-state index contributed by atoms with van der Waals surface area (Å²) in [6, 6.07) is 0. The Balaban J connectivity index is 1.02. The highest BCUT2D eigenvalue weighted by Crippen LogP contribution is 2.76. The molecule has 0 amide bonds. The van der Waals surface area contributed by atoms with E-state index in [1.54, 1.807) is 26.8 Å². The van der Waals surface area contributed by atoms with E-state index >= 15 is 0 Å². The molecule has 0 aromatic rings. The summed E-state index contributed by atoms with van der Waals surface area (Å²) in [7, 11) is 0. The zero-order valence-corrected chi connectivity index (χ0v) is 50.0. The Morgan fingerprint density at radius 2 is 1.30 bits per heavy atom. The Bertz CT molecular complexity index is 2550. The van der Waals surface area contributed by atoms with Crippen molar-refractivity contribution < 1.29 is 133 Å². The van der Waals surface area contributed by atoms with Crippen molar-refractivity contribution in [1.82, 2.24) is 0 Å². The number of aliphatic carboxylic acids is 1. The second-order valence-corrected chi connectivity index (χ2v) is 27.3. The molecule has 0 spiro atoms. The lowest BCUT2D eigenvalue weighted by Crippen LogP contribution is -2.72. The van der Waals surface area contributed by atoms with E-state index in [1.165, 1.54) is 6.92 Å². The number of aldehydes is 1. The number of rotatable bonds is 15. The van der Waals surface area contributed by atoms with E-state index in [1.807, 2.05) is 13.8 Å². The molecule has 5 aliphatic carbocycles. The van der Waals surface area contributed by atoms with Gasteiger partial charge in [-0.3, -0.25) is 4.79 Å². The molecule has 488 valence electrons. The molecule has 0 bridgehead atoms. The maximum absolute atomic E-state index is 14.1. The van der Waals surface area contributed by atoms with Gasteiger partial charge in [0, 0.05) is 17.9 Å². The van der Waals surface area contributed by atoms with Crippen molar-refractivity contribution >= 4 is 24.2 Å². The smallest absolute Gasteiger partial charge is 0.335 e. The van der Waals surface area contributed by atoms with Crippen LogP contribution >= 0.6 is 0 Å². The van der Waals surface area contributed by atoms with Crippen LogP contribution in [0.5, 0.6) is 0 Å². The average molecular weight is 1230 g/mol. The molecule has 4 aliphatic heterocycles. The second kappa shape index (κ2) is 24.8. The Kier molecular flexibility index (Phi) is 19.3. The molecule has 0 unspecified atom stereocenters. The zero-order valence-electron chi connectivity index (χ0n) is 50.0. The number of allylic oxidation sites excluding steroid dienone is 3. The molecule has 0 aromatic carbocycles. The van der Waals surface area contributed by atoms with Gasteiger partial charge in [0.2, 0.25) is 0 Å². The summed E-state index contributed by atoms with van der Waals surface area (Å²) >= 11 is 0. The summed E-state index contributed by atoms with van der Waals surface area (Å²) < 4.78 is 59.4. The number of aliphatic hydroxyl groups excluding tert-OH is 12. The normalized spacial score (nSPS) is 51.1. The number of fused-ring (bicyclic) bond motifs is 7. The van der Waals surface area contributed by atoms with Gasteiger partial charge < -0.3 is 119 Å². The number of aliphatic hydroxyl groups is 12. The summed E-state index contributed by atoms with van der Waals surface area (Å²) in [6.07, 6.45) is -32.3. The fourth-order valence-corrected chi connectivity index (χ4v) is 16.9. The molecule has 27 heteroatoms. The first-order valence-corrected chi connectivity index (χ1v) is 29.8. The Hall–Kier alpha value is -3.24. The summed E-state index contributed by atoms with van der Waals surface area (Å²) in [5.41, 5.74) is -4.34. The minimum Gasteiger partial charge on any atom is -0.479 e. The van der Waals surface area contributed by atoms with Crippen LogP contribution in [0.2, 0.25) is 0 Å². The molecule has 13 N–H and O–H groups in total. The molecular weight excluding hydrogens is 1140 g/mol. The number of carbonyl (C=O) groups is 4. The first-order chi connectivity index (χ1) is 40.2. The molecule has 27 nitrogen and oxygen atoms in total. The average Bonchev–Trinajstić information content (AvgIpc) is 0.674. The summed E-state index contributed by atoms with van der Waals surface area (Å²) in [4.78, 5) is 53.4. The minimum absolute atomic E-state index is 0.127. The van der Waals surface area contributed by atoms with Gasteiger partial charge in [0.25, 0.3) is 0 Å². The first kappa shape index (κ1) is 67.2. The molecule has 9 rings (SSSR count). The maximum Gasteiger partial charge on any atom is 0.335 e. The molecule has 9 aliphatic rings. The number of carboxylic acid groups (broad SMARTS) is 1. The van der Waals surface area contributed by atoms with Gasteiger partial charge in [-0.15, -0.1) is 0 Å². The van der Waals surface area contributed by atoms with Crippen LogP contribution in [-0.2, 0) is 66.5 Å². The predicted molar refractivity (Wildman–Crippen MR) is 289 cm³/mol. The van der Waals surface area contributed by atoms with Gasteiger partial charge in [-0.25, -0.2) is 9.59 Å². The highest BCUT2D eigenvalue weighted by molar-refractivity contribution is 5.87. The fraction of sp³-hybridized carbons (Fsp3) is 0.864. The minimum atomic E-state index is -2.24. The van der Waals surface area contributed by atoms with Gasteiger partial charge in [0.05, 0.1) is 42.9 Å². The van der Waals surface area contributed by atoms with Crippen molar-refractivity contribution in [1.29, 1.82) is 0 Å². The SMILES string of the molecule is C/C=C(/C)C(=O)O[C@H]1[C@H](O)[C@]2(COC(C)=O)[C@H](O)C[C@]3(C)C(=CC[C@@H]4[C@@]5(C)CC[C@H](O[C@@H]6O[C@H](C(=O)O)[C@@H](O[C@@H]7OC[C@H](O)[C@H](O)[C@H]7O[C@@H]7OC[C@@H](O)[C@H](O)[C@H]7O)[C@H](O)[C@H]6O[C@@H]6O[C@H](CO)[C@@H](O)[C@H](O)[C@H]6O)[C@@](C)(C=O)[C@@H]5CC[C@]43C)[C@@H]2CC1(C)C. The Morgan fingerprint density at radius 3 is 1.93 bits per heavy atom. The largest absolute Gasteiger partial charge is 0.479 e. The van der Waals surface area contributed by atoms with E-state index in [2.05, 4.69) is 26.8 Å². The third-order valence-electron chi connectivity index (χ3n) is 22.2. The van der Waals surface area contributed by atoms with E-state index in [4.69, 9.17) is 47.4 Å². The molecule has 0 aromatic heterocycles. The van der Waals surface area contributed by atoms with E-state index in [-0.39, 0.29) is 25.4 Å². The van der Waals surface area contributed by atoms with Crippen LogP contribution in [0, 0.1) is 50.2 Å². The van der Waals surface area contributed by atoms with Gasteiger partial charge in [0.1, 0.15) is 104 Å². The number of hydrogen-bond acceptors (Lipinski definition) is 26. The van der Waals surface area contributed by atoms with Gasteiger partial charge in [-0.05, 0) is 92.8 Å². The van der Waals surface area contributed by atoms with Gasteiger partial charge >= 0.3 is 17.9 Å². The van der Waals surface area contributed by atoms with Crippen LogP contribution in [0.3, 0.4) is 0 Å². The highest BCUT2D eigenvalue weighted by Gasteiger charge is 2.74. The maximum atomic E-state index is 14.1. The quantitative estimate of drug-likeness (QED) is 0.0277. The summed E-state index contributed by atoms with van der Waals surface area (Å²) in [6.45, 7) is 14.1.